The van der Waals surface area contributed by atoms with E-state index in [-0.39, 0.29) is 24.9 Å². The molecule has 1 aromatic heterocycles. The molecule has 3 rings (SSSR count). The Labute approximate surface area is 132 Å². The molecule has 0 radical (unpaired) electrons. The summed E-state index contributed by atoms with van der Waals surface area (Å²) in [5.41, 5.74) is 5.35. The first-order chi connectivity index (χ1) is 11.1. The number of aromatic nitrogens is 2. The molecule has 122 valence electrons. The number of nitrogens with zero attached hydrogens (tertiary/aromatic N) is 2. The number of likely N-dealkylation sites (tertiary alicyclic amines) is 1. The van der Waals surface area contributed by atoms with Crippen molar-refractivity contribution >= 4 is 16.8 Å². The van der Waals surface area contributed by atoms with Crippen molar-refractivity contribution in [1.29, 1.82) is 0 Å². The van der Waals surface area contributed by atoms with Gasteiger partial charge < -0.3 is 10.6 Å². The Morgan fingerprint density at radius 1 is 1.30 bits per heavy atom. The molecule has 1 saturated heterocycles. The third-order valence-electron chi connectivity index (χ3n) is 4.42. The molecule has 3 N–H and O–H groups in total. The van der Waals surface area contributed by atoms with E-state index in [1.165, 1.54) is 4.57 Å². The van der Waals surface area contributed by atoms with Crippen molar-refractivity contribution in [3.63, 3.8) is 0 Å². The Kier molecular flexibility index (Phi) is 4.29. The van der Waals surface area contributed by atoms with E-state index in [1.54, 1.807) is 29.2 Å². The standard InChI is InChI=1S/C16H20N4O3/c17-10-11-4-3-8-19(11)14(21)7-9-20-13-6-2-1-5-12(13)15(22)18-16(20)23/h1-2,5-6,11H,3-4,7-10,17H2,(H,18,22,23). The van der Waals surface area contributed by atoms with E-state index in [0.29, 0.717) is 17.4 Å². The smallest absolute Gasteiger partial charge is 0.328 e. The number of hydrogen-bond acceptors (Lipinski definition) is 4. The Bertz CT molecular complexity index is 839. The number of benzene rings is 1. The van der Waals surface area contributed by atoms with Crippen LogP contribution in [0.15, 0.2) is 33.9 Å². The van der Waals surface area contributed by atoms with Gasteiger partial charge in [0.05, 0.1) is 10.9 Å². The molecule has 2 aromatic rings. The topological polar surface area (TPSA) is 101 Å². The van der Waals surface area contributed by atoms with Gasteiger partial charge in [0.15, 0.2) is 0 Å². The van der Waals surface area contributed by atoms with Crippen molar-refractivity contribution in [2.24, 2.45) is 5.73 Å². The van der Waals surface area contributed by atoms with Crippen LogP contribution in [0.4, 0.5) is 0 Å². The maximum Gasteiger partial charge on any atom is 0.328 e. The fourth-order valence-corrected chi connectivity index (χ4v) is 3.22. The first kappa shape index (κ1) is 15.5. The van der Waals surface area contributed by atoms with E-state index in [2.05, 4.69) is 4.98 Å². The fraction of sp³-hybridized carbons (Fsp3) is 0.438. The number of fused-ring (bicyclic) bond motifs is 1. The van der Waals surface area contributed by atoms with Gasteiger partial charge in [0.25, 0.3) is 5.56 Å². The van der Waals surface area contributed by atoms with E-state index < -0.39 is 11.2 Å². The van der Waals surface area contributed by atoms with Gasteiger partial charge in [0, 0.05) is 32.1 Å². The van der Waals surface area contributed by atoms with Gasteiger partial charge in [-0.1, -0.05) is 12.1 Å². The number of carbonyl (C=O) groups is 1. The van der Waals surface area contributed by atoms with Crippen molar-refractivity contribution < 1.29 is 4.79 Å². The fourth-order valence-electron chi connectivity index (χ4n) is 3.22. The minimum Gasteiger partial charge on any atom is -0.338 e. The zero-order valence-electron chi connectivity index (χ0n) is 12.8. The normalized spacial score (nSPS) is 17.8. The predicted octanol–water partition coefficient (Wildman–Crippen LogP) is 0.0296. The van der Waals surface area contributed by atoms with Crippen molar-refractivity contribution in [2.45, 2.75) is 31.8 Å². The summed E-state index contributed by atoms with van der Waals surface area (Å²) in [7, 11) is 0. The predicted molar refractivity (Wildman–Crippen MR) is 87.2 cm³/mol. The molecule has 1 aliphatic rings. The zero-order valence-corrected chi connectivity index (χ0v) is 12.8. The minimum atomic E-state index is -0.488. The number of hydrogen-bond donors (Lipinski definition) is 2. The van der Waals surface area contributed by atoms with E-state index >= 15 is 0 Å². The molecule has 7 nitrogen and oxygen atoms in total. The number of nitrogens with one attached hydrogen (secondary N) is 1. The molecule has 1 aromatic carbocycles. The minimum absolute atomic E-state index is 0.000121. The third kappa shape index (κ3) is 2.92. The molecule has 23 heavy (non-hydrogen) atoms. The zero-order chi connectivity index (χ0) is 16.4. The van der Waals surface area contributed by atoms with Crippen LogP contribution in [-0.4, -0.2) is 39.5 Å². The molecule has 1 atom stereocenters. The van der Waals surface area contributed by atoms with E-state index in [9.17, 15) is 14.4 Å². The quantitative estimate of drug-likeness (QED) is 0.831. The third-order valence-corrected chi connectivity index (χ3v) is 4.42. The van der Waals surface area contributed by atoms with Crippen LogP contribution in [0, 0.1) is 0 Å². The Morgan fingerprint density at radius 2 is 2.09 bits per heavy atom. The van der Waals surface area contributed by atoms with Crippen LogP contribution in [0.25, 0.3) is 10.9 Å². The second-order valence-corrected chi connectivity index (χ2v) is 5.80. The lowest BCUT2D eigenvalue weighted by Crippen LogP contribution is -2.40. The lowest BCUT2D eigenvalue weighted by Gasteiger charge is -2.23. The molecule has 1 amide bonds. The van der Waals surface area contributed by atoms with Gasteiger partial charge in [-0.05, 0) is 25.0 Å². The maximum absolute atomic E-state index is 12.4. The van der Waals surface area contributed by atoms with Crippen LogP contribution in [0.3, 0.4) is 0 Å². The molecular weight excluding hydrogens is 296 g/mol. The number of rotatable bonds is 4. The summed E-state index contributed by atoms with van der Waals surface area (Å²) in [6.45, 7) is 1.43. The molecule has 0 aliphatic carbocycles. The van der Waals surface area contributed by atoms with E-state index in [4.69, 9.17) is 5.73 Å². The van der Waals surface area contributed by atoms with Gasteiger partial charge in [0.1, 0.15) is 0 Å². The summed E-state index contributed by atoms with van der Waals surface area (Å²) < 4.78 is 1.45. The van der Waals surface area contributed by atoms with Crippen molar-refractivity contribution in [2.75, 3.05) is 13.1 Å². The van der Waals surface area contributed by atoms with Crippen LogP contribution in [-0.2, 0) is 11.3 Å². The monoisotopic (exact) mass is 316 g/mol. The second-order valence-electron chi connectivity index (χ2n) is 5.80. The SMILES string of the molecule is NCC1CCCN1C(=O)CCn1c(=O)[nH]c(=O)c2ccccc21. The number of para-hydroxylation sites is 1. The average molecular weight is 316 g/mol. The van der Waals surface area contributed by atoms with Crippen LogP contribution in [0.5, 0.6) is 0 Å². The van der Waals surface area contributed by atoms with Crippen molar-refractivity contribution in [3.8, 4) is 0 Å². The van der Waals surface area contributed by atoms with Crippen LogP contribution in [0.2, 0.25) is 0 Å². The second kappa shape index (κ2) is 6.37. The molecular formula is C16H20N4O3. The number of aryl methyl sites for hydroxylation is 1. The summed E-state index contributed by atoms with van der Waals surface area (Å²) >= 11 is 0. The maximum atomic E-state index is 12.4. The molecule has 7 heteroatoms. The van der Waals surface area contributed by atoms with Crippen molar-refractivity contribution in [3.05, 3.63) is 45.1 Å². The van der Waals surface area contributed by atoms with E-state index in [0.717, 1.165) is 19.4 Å². The lowest BCUT2D eigenvalue weighted by molar-refractivity contribution is -0.132. The highest BCUT2D eigenvalue weighted by atomic mass is 16.2. The molecule has 0 bridgehead atoms. The number of H-pyrrole nitrogens is 1. The average Bonchev–Trinajstić information content (AvgIpc) is 3.03. The van der Waals surface area contributed by atoms with Crippen molar-refractivity contribution in [1.82, 2.24) is 14.5 Å². The summed E-state index contributed by atoms with van der Waals surface area (Å²) in [5.74, 6) is 0.000121. The molecule has 0 spiro atoms. The van der Waals surface area contributed by atoms with Crippen LogP contribution < -0.4 is 17.0 Å². The van der Waals surface area contributed by atoms with Gasteiger partial charge in [-0.2, -0.15) is 0 Å². The number of aromatic amines is 1. The molecule has 1 aliphatic heterocycles. The number of carbonyl (C=O) groups excluding carboxylic acids is 1. The van der Waals surface area contributed by atoms with Gasteiger partial charge in [-0.25, -0.2) is 4.79 Å². The van der Waals surface area contributed by atoms with E-state index in [1.807, 2.05) is 0 Å². The summed E-state index contributed by atoms with van der Waals surface area (Å²) in [4.78, 5) is 40.4. The summed E-state index contributed by atoms with van der Waals surface area (Å²) in [5, 5.41) is 0.445. The molecule has 1 fully saturated rings. The van der Waals surface area contributed by atoms with Gasteiger partial charge >= 0.3 is 5.69 Å². The van der Waals surface area contributed by atoms with Gasteiger partial charge in [0.2, 0.25) is 5.91 Å². The van der Waals surface area contributed by atoms with Gasteiger partial charge in [-0.15, -0.1) is 0 Å². The highest BCUT2D eigenvalue weighted by molar-refractivity contribution is 5.79. The first-order valence-corrected chi connectivity index (χ1v) is 7.83. The lowest BCUT2D eigenvalue weighted by atomic mass is 10.2. The molecule has 2 heterocycles. The summed E-state index contributed by atoms with van der Waals surface area (Å²) in [6.07, 6.45) is 2.12. The van der Waals surface area contributed by atoms with Crippen LogP contribution >= 0.6 is 0 Å². The number of amides is 1. The van der Waals surface area contributed by atoms with Gasteiger partial charge in [-0.3, -0.25) is 19.1 Å². The Morgan fingerprint density at radius 3 is 2.87 bits per heavy atom. The van der Waals surface area contributed by atoms with Crippen LogP contribution in [0.1, 0.15) is 19.3 Å². The Hall–Kier alpha value is -2.41. The largest absolute Gasteiger partial charge is 0.338 e. The Balaban J connectivity index is 1.84. The highest BCUT2D eigenvalue weighted by Gasteiger charge is 2.27. The molecule has 1 unspecified atom stereocenters. The highest BCUT2D eigenvalue weighted by Crippen LogP contribution is 2.17. The number of nitrogens with two attached hydrogens (primary N) is 1. The summed E-state index contributed by atoms with van der Waals surface area (Å²) in [6, 6.07) is 7.00. The first-order valence-electron chi connectivity index (χ1n) is 7.83. The molecule has 0 saturated carbocycles.